The number of thioether (sulfide) groups is 1. The molecule has 3 aromatic rings. The minimum atomic E-state index is -0.742. The molecular weight excluding hydrogens is 614 g/mol. The van der Waals surface area contributed by atoms with Crippen molar-refractivity contribution < 1.29 is 19.1 Å². The number of fused-ring (bicyclic) bond motifs is 2. The first kappa shape index (κ1) is 25.8. The van der Waals surface area contributed by atoms with Gasteiger partial charge in [0.2, 0.25) is 17.7 Å². The van der Waals surface area contributed by atoms with Crippen LogP contribution in [0.15, 0.2) is 62.8 Å². The van der Waals surface area contributed by atoms with Crippen molar-refractivity contribution in [2.75, 3.05) is 31.2 Å². The van der Waals surface area contributed by atoms with E-state index in [1.807, 2.05) is 24.3 Å². The van der Waals surface area contributed by atoms with Crippen LogP contribution in [-0.2, 0) is 25.7 Å². The van der Waals surface area contributed by atoms with Crippen molar-refractivity contribution in [1.82, 2.24) is 9.47 Å². The minimum Gasteiger partial charge on any atom is -0.378 e. The normalized spacial score (nSPS) is 22.9. The number of aromatic nitrogens is 1. The summed E-state index contributed by atoms with van der Waals surface area (Å²) in [5, 5.41) is 0.336. The Labute approximate surface area is 239 Å². The van der Waals surface area contributed by atoms with E-state index in [0.29, 0.717) is 46.9 Å². The number of benzene rings is 2. The fourth-order valence-electron chi connectivity index (χ4n) is 5.21. The highest BCUT2D eigenvalue weighted by molar-refractivity contribution is 9.10. The van der Waals surface area contributed by atoms with Crippen LogP contribution >= 0.6 is 50.6 Å². The summed E-state index contributed by atoms with van der Waals surface area (Å²) in [6.07, 6.45) is 0. The van der Waals surface area contributed by atoms with Crippen molar-refractivity contribution in [3.63, 3.8) is 0 Å². The van der Waals surface area contributed by atoms with Gasteiger partial charge >= 0.3 is 4.87 Å². The van der Waals surface area contributed by atoms with Gasteiger partial charge in [0.05, 0.1) is 29.8 Å². The van der Waals surface area contributed by atoms with E-state index in [0.717, 1.165) is 21.4 Å². The molecule has 2 fully saturated rings. The lowest BCUT2D eigenvalue weighted by molar-refractivity contribution is -0.136. The average Bonchev–Trinajstić information content (AvgIpc) is 3.36. The van der Waals surface area contributed by atoms with Gasteiger partial charge in [0.1, 0.15) is 11.8 Å². The number of carbonyl (C=O) groups excluding carboxylic acids is 3. The first-order valence-corrected chi connectivity index (χ1v) is 14.8. The summed E-state index contributed by atoms with van der Waals surface area (Å²) in [4.78, 5) is 57.3. The number of halogens is 2. The quantitative estimate of drug-likeness (QED) is 0.404. The van der Waals surface area contributed by atoms with E-state index in [4.69, 9.17) is 16.3 Å². The molecule has 3 amide bonds. The standard InChI is InChI=1S/C26H21BrClN3O5S2/c27-15-3-1-2-14(12-15)19-20-21(24(34)31(23(20)33)17-6-4-16(28)5-7-17)37-25-22(19)38-26(35)30(25)13-18(32)29-8-10-36-11-9-29/h1-7,12,19-21H,8-11,13H2. The van der Waals surface area contributed by atoms with Crippen molar-refractivity contribution in [3.05, 3.63) is 78.1 Å². The van der Waals surface area contributed by atoms with Crippen LogP contribution in [0.3, 0.4) is 0 Å². The lowest BCUT2D eigenvalue weighted by Gasteiger charge is -2.31. The van der Waals surface area contributed by atoms with Gasteiger partial charge in [-0.25, -0.2) is 4.90 Å². The fraction of sp³-hybridized carbons (Fsp3) is 0.308. The number of anilines is 1. The summed E-state index contributed by atoms with van der Waals surface area (Å²) < 4.78 is 7.64. The molecule has 196 valence electrons. The highest BCUT2D eigenvalue weighted by atomic mass is 79.9. The van der Waals surface area contributed by atoms with E-state index in [1.54, 1.807) is 29.2 Å². The third-order valence-corrected chi connectivity index (χ3v) is 10.3. The lowest BCUT2D eigenvalue weighted by atomic mass is 9.83. The second-order valence-electron chi connectivity index (χ2n) is 9.20. The Hall–Kier alpha value is -2.44. The molecule has 0 saturated carbocycles. The largest absolute Gasteiger partial charge is 0.378 e. The first-order chi connectivity index (χ1) is 18.3. The number of morpholine rings is 1. The molecule has 1 aromatic heterocycles. The Morgan fingerprint density at radius 2 is 1.79 bits per heavy atom. The number of hydrogen-bond donors (Lipinski definition) is 0. The summed E-state index contributed by atoms with van der Waals surface area (Å²) in [6.45, 7) is 1.75. The monoisotopic (exact) mass is 633 g/mol. The highest BCUT2D eigenvalue weighted by Crippen LogP contribution is 2.54. The number of amides is 3. The number of hydrogen-bond acceptors (Lipinski definition) is 7. The second kappa shape index (κ2) is 10.3. The first-order valence-electron chi connectivity index (χ1n) is 12.0. The molecule has 4 heterocycles. The van der Waals surface area contributed by atoms with Crippen LogP contribution in [0.5, 0.6) is 0 Å². The van der Waals surface area contributed by atoms with Crippen molar-refractivity contribution in [2.24, 2.45) is 5.92 Å². The Bertz CT molecular complexity index is 1500. The highest BCUT2D eigenvalue weighted by Gasteiger charge is 2.56. The predicted octanol–water partition coefficient (Wildman–Crippen LogP) is 3.98. The smallest absolute Gasteiger partial charge is 0.308 e. The number of rotatable bonds is 4. The van der Waals surface area contributed by atoms with Crippen LogP contribution < -0.4 is 9.77 Å². The molecule has 12 heteroatoms. The van der Waals surface area contributed by atoms with Gasteiger partial charge in [-0.2, -0.15) is 0 Å². The van der Waals surface area contributed by atoms with Crippen LogP contribution in [0.1, 0.15) is 16.4 Å². The Kier molecular flexibility index (Phi) is 6.98. The molecular formula is C26H21BrClN3O5S2. The van der Waals surface area contributed by atoms with Gasteiger partial charge in [0, 0.05) is 33.4 Å². The van der Waals surface area contributed by atoms with Crippen molar-refractivity contribution in [1.29, 1.82) is 0 Å². The van der Waals surface area contributed by atoms with Crippen molar-refractivity contribution in [3.8, 4) is 0 Å². The SMILES string of the molecule is O=C(Cn1c2c(sc1=O)C(c1cccc(Br)c1)C1C(=O)N(c3ccc(Cl)cc3)C(=O)C1S2)N1CCOCC1. The van der Waals surface area contributed by atoms with E-state index in [2.05, 4.69) is 15.9 Å². The zero-order valence-electron chi connectivity index (χ0n) is 19.8. The number of nitrogens with zero attached hydrogens (tertiary/aromatic N) is 3. The van der Waals surface area contributed by atoms with E-state index >= 15 is 0 Å². The van der Waals surface area contributed by atoms with E-state index in [1.165, 1.54) is 21.2 Å². The van der Waals surface area contributed by atoms with Gasteiger partial charge in [0.15, 0.2) is 0 Å². The topological polar surface area (TPSA) is 88.9 Å². The molecule has 2 aromatic carbocycles. The van der Waals surface area contributed by atoms with Gasteiger partial charge in [0.25, 0.3) is 0 Å². The van der Waals surface area contributed by atoms with Crippen molar-refractivity contribution >= 4 is 74.0 Å². The zero-order chi connectivity index (χ0) is 26.6. The molecule has 0 bridgehead atoms. The third kappa shape index (κ3) is 4.44. The van der Waals surface area contributed by atoms with E-state index in [-0.39, 0.29) is 29.1 Å². The molecule has 0 aliphatic carbocycles. The zero-order valence-corrected chi connectivity index (χ0v) is 23.8. The second-order valence-corrected chi connectivity index (χ2v) is 12.7. The minimum absolute atomic E-state index is 0.122. The predicted molar refractivity (Wildman–Crippen MR) is 149 cm³/mol. The van der Waals surface area contributed by atoms with Crippen LogP contribution in [-0.4, -0.2) is 58.7 Å². The maximum Gasteiger partial charge on any atom is 0.308 e. The molecule has 0 spiro atoms. The number of carbonyl (C=O) groups is 3. The van der Waals surface area contributed by atoms with Gasteiger partial charge in [-0.05, 0) is 42.0 Å². The molecule has 3 atom stereocenters. The number of ether oxygens (including phenoxy) is 1. The summed E-state index contributed by atoms with van der Waals surface area (Å²) in [7, 11) is 0. The van der Waals surface area contributed by atoms with Crippen LogP contribution in [0, 0.1) is 5.92 Å². The van der Waals surface area contributed by atoms with Gasteiger partial charge in [-0.15, -0.1) is 0 Å². The Balaban J connectivity index is 1.44. The average molecular weight is 635 g/mol. The molecule has 3 aliphatic rings. The molecule has 8 nitrogen and oxygen atoms in total. The third-order valence-electron chi connectivity index (χ3n) is 7.00. The molecule has 38 heavy (non-hydrogen) atoms. The van der Waals surface area contributed by atoms with Crippen LogP contribution in [0.25, 0.3) is 0 Å². The molecule has 2 saturated heterocycles. The van der Waals surface area contributed by atoms with Gasteiger partial charge in [-0.1, -0.05) is 62.8 Å². The Morgan fingerprint density at radius 3 is 2.50 bits per heavy atom. The van der Waals surface area contributed by atoms with Gasteiger partial charge < -0.3 is 9.64 Å². The molecule has 0 N–H and O–H groups in total. The molecule has 0 radical (unpaired) electrons. The molecule has 3 unspecified atom stereocenters. The Morgan fingerprint density at radius 1 is 1.05 bits per heavy atom. The molecule has 6 rings (SSSR count). The number of imide groups is 1. The van der Waals surface area contributed by atoms with Crippen LogP contribution in [0.4, 0.5) is 5.69 Å². The number of thiazole rings is 1. The summed E-state index contributed by atoms with van der Waals surface area (Å²) in [5.74, 6) is -2.05. The van der Waals surface area contributed by atoms with Gasteiger partial charge in [-0.3, -0.25) is 23.7 Å². The maximum absolute atomic E-state index is 13.9. The fourth-order valence-corrected chi connectivity index (χ4v) is 8.52. The summed E-state index contributed by atoms with van der Waals surface area (Å²) >= 11 is 11.8. The molecule has 3 aliphatic heterocycles. The lowest BCUT2D eigenvalue weighted by Crippen LogP contribution is -2.43. The van der Waals surface area contributed by atoms with E-state index < -0.39 is 17.1 Å². The summed E-state index contributed by atoms with van der Waals surface area (Å²) in [5.41, 5.74) is 1.28. The van der Waals surface area contributed by atoms with Crippen LogP contribution in [0.2, 0.25) is 5.02 Å². The summed E-state index contributed by atoms with van der Waals surface area (Å²) in [6, 6.07) is 14.2. The van der Waals surface area contributed by atoms with E-state index in [9.17, 15) is 19.2 Å². The maximum atomic E-state index is 13.9. The van der Waals surface area contributed by atoms with Crippen molar-refractivity contribution in [2.45, 2.75) is 22.7 Å².